The quantitative estimate of drug-likeness (QED) is 0.515. The number of amides is 2. The van der Waals surface area contributed by atoms with Gasteiger partial charge in [0, 0.05) is 18.7 Å². The lowest BCUT2D eigenvalue weighted by atomic mass is 10.1. The van der Waals surface area contributed by atoms with Gasteiger partial charge in [-0.15, -0.1) is 0 Å². The van der Waals surface area contributed by atoms with Gasteiger partial charge >= 0.3 is 6.18 Å². The first-order valence-corrected chi connectivity index (χ1v) is 8.73. The number of nitrogens with one attached hydrogen (secondary N) is 1. The van der Waals surface area contributed by atoms with Gasteiger partial charge < -0.3 is 15.0 Å². The summed E-state index contributed by atoms with van der Waals surface area (Å²) in [5, 5.41) is 12.8. The Morgan fingerprint density at radius 2 is 1.77 bits per heavy atom. The van der Waals surface area contributed by atoms with Gasteiger partial charge in [0.25, 0.3) is 11.6 Å². The molecule has 2 aromatic rings. The molecule has 11 heteroatoms. The number of benzene rings is 2. The smallest absolute Gasteiger partial charge is 0.418 e. The minimum atomic E-state index is -4.64. The first-order valence-electron chi connectivity index (χ1n) is 8.73. The van der Waals surface area contributed by atoms with Gasteiger partial charge in [0.05, 0.1) is 22.7 Å². The molecular weight excluding hydrogens is 407 g/mol. The number of likely N-dealkylation sites (N-methyl/N-ethyl adjacent to an activating group) is 1. The number of para-hydroxylation sites is 1. The fourth-order valence-corrected chi connectivity index (χ4v) is 2.48. The Balaban J connectivity index is 1.95. The highest BCUT2D eigenvalue weighted by molar-refractivity contribution is 5.95. The van der Waals surface area contributed by atoms with Crippen molar-refractivity contribution in [3.8, 4) is 5.75 Å². The van der Waals surface area contributed by atoms with Gasteiger partial charge in [-0.25, -0.2) is 0 Å². The van der Waals surface area contributed by atoms with Crippen LogP contribution in [0.3, 0.4) is 0 Å². The molecular formula is C19H18F3N3O5. The maximum atomic E-state index is 13.0. The largest absolute Gasteiger partial charge is 0.484 e. The zero-order valence-corrected chi connectivity index (χ0v) is 15.8. The number of carbonyl (C=O) groups is 2. The summed E-state index contributed by atoms with van der Waals surface area (Å²) in [6.07, 6.45) is -4.64. The highest BCUT2D eigenvalue weighted by Gasteiger charge is 2.33. The van der Waals surface area contributed by atoms with E-state index in [0.29, 0.717) is 0 Å². The van der Waals surface area contributed by atoms with E-state index in [9.17, 15) is 32.9 Å². The number of non-ortho nitro benzene ring substituents is 1. The molecule has 0 aromatic heterocycles. The van der Waals surface area contributed by atoms with Crippen LogP contribution in [-0.4, -0.2) is 41.3 Å². The molecule has 0 saturated carbocycles. The number of anilines is 1. The Labute approximate surface area is 169 Å². The second kappa shape index (κ2) is 9.72. The molecule has 2 aromatic carbocycles. The molecule has 0 heterocycles. The summed E-state index contributed by atoms with van der Waals surface area (Å²) in [5.74, 6) is -1.15. The van der Waals surface area contributed by atoms with E-state index in [2.05, 4.69) is 5.32 Å². The van der Waals surface area contributed by atoms with Crippen LogP contribution in [0.5, 0.6) is 5.75 Å². The molecule has 8 nitrogen and oxygen atoms in total. The van der Waals surface area contributed by atoms with E-state index in [1.54, 1.807) is 6.92 Å². The van der Waals surface area contributed by atoms with Crippen LogP contribution in [-0.2, 0) is 15.8 Å². The van der Waals surface area contributed by atoms with Gasteiger partial charge in [-0.3, -0.25) is 19.7 Å². The predicted molar refractivity (Wildman–Crippen MR) is 101 cm³/mol. The highest BCUT2D eigenvalue weighted by Crippen LogP contribution is 2.34. The van der Waals surface area contributed by atoms with Crippen LogP contribution >= 0.6 is 0 Å². The van der Waals surface area contributed by atoms with Crippen LogP contribution in [0.15, 0.2) is 48.5 Å². The van der Waals surface area contributed by atoms with Crippen molar-refractivity contribution in [2.24, 2.45) is 0 Å². The van der Waals surface area contributed by atoms with Gasteiger partial charge in [-0.2, -0.15) is 13.2 Å². The second-order valence-electron chi connectivity index (χ2n) is 6.04. The number of rotatable bonds is 8. The fraction of sp³-hybridized carbons (Fsp3) is 0.263. The number of hydrogen-bond acceptors (Lipinski definition) is 5. The molecule has 0 spiro atoms. The third-order valence-electron chi connectivity index (χ3n) is 3.99. The van der Waals surface area contributed by atoms with E-state index in [1.165, 1.54) is 36.4 Å². The Hall–Kier alpha value is -3.63. The number of nitrogens with zero attached hydrogens (tertiary/aromatic N) is 2. The van der Waals surface area contributed by atoms with Gasteiger partial charge in [0.15, 0.2) is 6.61 Å². The van der Waals surface area contributed by atoms with E-state index in [0.717, 1.165) is 17.0 Å². The third-order valence-corrected chi connectivity index (χ3v) is 3.99. The summed E-state index contributed by atoms with van der Waals surface area (Å²) >= 11 is 0. The van der Waals surface area contributed by atoms with Gasteiger partial charge in [0.2, 0.25) is 5.91 Å². The van der Waals surface area contributed by atoms with E-state index in [-0.39, 0.29) is 18.0 Å². The minimum Gasteiger partial charge on any atom is -0.484 e. The van der Waals surface area contributed by atoms with Crippen molar-refractivity contribution < 1.29 is 32.4 Å². The molecule has 1 N–H and O–H groups in total. The molecule has 2 amide bonds. The zero-order valence-electron chi connectivity index (χ0n) is 15.8. The van der Waals surface area contributed by atoms with Crippen molar-refractivity contribution in [1.29, 1.82) is 0 Å². The van der Waals surface area contributed by atoms with E-state index >= 15 is 0 Å². The first kappa shape index (κ1) is 22.7. The summed E-state index contributed by atoms with van der Waals surface area (Å²) < 4.78 is 44.3. The Kier molecular flexibility index (Phi) is 7.34. The summed E-state index contributed by atoms with van der Waals surface area (Å²) in [6, 6.07) is 9.59. The molecule has 0 aliphatic carbocycles. The lowest BCUT2D eigenvalue weighted by Crippen LogP contribution is -2.40. The van der Waals surface area contributed by atoms with Crippen LogP contribution < -0.4 is 10.1 Å². The van der Waals surface area contributed by atoms with Crippen molar-refractivity contribution in [3.05, 3.63) is 64.2 Å². The Morgan fingerprint density at radius 1 is 1.13 bits per heavy atom. The third kappa shape index (κ3) is 6.19. The number of halogens is 3. The number of ether oxygens (including phenoxy) is 1. The number of alkyl halides is 3. The second-order valence-corrected chi connectivity index (χ2v) is 6.04. The fourth-order valence-electron chi connectivity index (χ4n) is 2.48. The molecule has 0 aliphatic rings. The van der Waals surface area contributed by atoms with Crippen molar-refractivity contribution in [2.45, 2.75) is 13.1 Å². The molecule has 0 saturated heterocycles. The first-order chi connectivity index (χ1) is 14.1. The standard InChI is InChI=1S/C19H18F3N3O5/c1-2-24(18(27)12-30-14-9-7-13(8-10-14)25(28)29)11-17(26)23-16-6-4-3-5-15(16)19(20,21)22/h3-10H,2,11-12H2,1H3,(H,23,26). The molecule has 0 radical (unpaired) electrons. The summed E-state index contributed by atoms with van der Waals surface area (Å²) in [4.78, 5) is 35.6. The topological polar surface area (TPSA) is 102 Å². The summed E-state index contributed by atoms with van der Waals surface area (Å²) in [7, 11) is 0. The molecule has 0 bridgehead atoms. The van der Waals surface area contributed by atoms with E-state index in [4.69, 9.17) is 4.74 Å². The SMILES string of the molecule is CCN(CC(=O)Nc1ccccc1C(F)(F)F)C(=O)COc1ccc([N+](=O)[O-])cc1. The van der Waals surface area contributed by atoms with E-state index < -0.39 is 47.3 Å². The minimum absolute atomic E-state index is 0.122. The molecule has 30 heavy (non-hydrogen) atoms. The Morgan fingerprint density at radius 3 is 2.33 bits per heavy atom. The molecule has 2 rings (SSSR count). The maximum absolute atomic E-state index is 13.0. The molecule has 0 aliphatic heterocycles. The van der Waals surface area contributed by atoms with Crippen LogP contribution in [0.25, 0.3) is 0 Å². The van der Waals surface area contributed by atoms with Gasteiger partial charge in [0.1, 0.15) is 5.75 Å². The maximum Gasteiger partial charge on any atom is 0.418 e. The van der Waals surface area contributed by atoms with Crippen LogP contribution in [0.2, 0.25) is 0 Å². The molecule has 0 atom stereocenters. The number of nitro groups is 1. The highest BCUT2D eigenvalue weighted by atomic mass is 19.4. The zero-order chi connectivity index (χ0) is 22.3. The van der Waals surface area contributed by atoms with Crippen molar-refractivity contribution in [1.82, 2.24) is 4.90 Å². The normalized spacial score (nSPS) is 10.9. The van der Waals surface area contributed by atoms with Crippen LogP contribution in [0.1, 0.15) is 12.5 Å². The van der Waals surface area contributed by atoms with Crippen molar-refractivity contribution >= 4 is 23.2 Å². The number of nitro benzene ring substituents is 1. The average Bonchev–Trinajstić information content (AvgIpc) is 2.70. The summed E-state index contributed by atoms with van der Waals surface area (Å²) in [5.41, 5.74) is -1.53. The molecule has 160 valence electrons. The number of carbonyl (C=O) groups excluding carboxylic acids is 2. The van der Waals surface area contributed by atoms with Crippen molar-refractivity contribution in [3.63, 3.8) is 0 Å². The van der Waals surface area contributed by atoms with Gasteiger partial charge in [-0.05, 0) is 31.2 Å². The lowest BCUT2D eigenvalue weighted by molar-refractivity contribution is -0.384. The molecule has 0 fully saturated rings. The summed E-state index contributed by atoms with van der Waals surface area (Å²) in [6.45, 7) is 0.806. The molecule has 0 unspecified atom stereocenters. The Bertz CT molecular complexity index is 916. The van der Waals surface area contributed by atoms with E-state index in [1.807, 2.05) is 0 Å². The van der Waals surface area contributed by atoms with Crippen molar-refractivity contribution in [2.75, 3.05) is 25.0 Å². The lowest BCUT2D eigenvalue weighted by Gasteiger charge is -2.21. The number of hydrogen-bond donors (Lipinski definition) is 1. The predicted octanol–water partition coefficient (Wildman–Crippen LogP) is 3.48. The average molecular weight is 425 g/mol. The van der Waals surface area contributed by atoms with Crippen LogP contribution in [0.4, 0.5) is 24.5 Å². The monoisotopic (exact) mass is 425 g/mol. The van der Waals surface area contributed by atoms with Crippen LogP contribution in [0, 0.1) is 10.1 Å². The van der Waals surface area contributed by atoms with Gasteiger partial charge in [-0.1, -0.05) is 12.1 Å².